The van der Waals surface area contributed by atoms with E-state index in [0.29, 0.717) is 46.9 Å². The Labute approximate surface area is 515 Å². The number of aryl methyl sites for hydroxylation is 2. The largest absolute Gasteiger partial charge is 0.481 e. The summed E-state index contributed by atoms with van der Waals surface area (Å²) < 4.78 is 17.3. The van der Waals surface area contributed by atoms with Crippen LogP contribution in [0.5, 0.6) is 11.5 Å². The van der Waals surface area contributed by atoms with E-state index >= 15 is 0 Å². The van der Waals surface area contributed by atoms with Gasteiger partial charge in [-0.15, -0.1) is 23.7 Å². The standard InChI is InChI=1S/C38H42N4O5Si.C32H28N4O4/c1-7-9-19-42-37(45)41(27-46-21-22-48(4,5)6)36(44)38(42,31-14-11-29(12-15-31)34-23-28(3)17-18-39-34)26-40-25-30-13-16-32(47-20-10-8-2)24-33(30)35(40)43;1-4-6-16-36-31(39)34-30(38)32(36,25-11-8-23(9-12-25)28-18-22(3)14-15-33-28)21-35-20-24-10-13-26(40-17-7-5-2)19-27(24)29(35)37/h11-18,23-24H,19-22,25-27H2,1-6H3;8-15,18-19H,16-17,20-21H2,1-3H3,(H,34,38,39)/t38-;32-/m00/s1. The summed E-state index contributed by atoms with van der Waals surface area (Å²) in [5.41, 5.74) is 6.26. The van der Waals surface area contributed by atoms with Gasteiger partial charge in [0.2, 0.25) is 0 Å². The molecule has 88 heavy (non-hydrogen) atoms. The summed E-state index contributed by atoms with van der Waals surface area (Å²) >= 11 is 0. The maximum absolute atomic E-state index is 14.7. The van der Waals surface area contributed by atoms with Gasteiger partial charge in [-0.1, -0.05) is 104 Å². The highest BCUT2D eigenvalue weighted by molar-refractivity contribution is 6.76. The normalized spacial score (nSPS) is 17.4. The van der Waals surface area contributed by atoms with Crippen LogP contribution in [0.15, 0.2) is 122 Å². The lowest BCUT2D eigenvalue weighted by atomic mass is 9.86. The molecule has 0 saturated carbocycles. The molecular weight excluding hydrogens is 1120 g/mol. The smallest absolute Gasteiger partial charge is 0.330 e. The maximum atomic E-state index is 14.7. The van der Waals surface area contributed by atoms with Crippen LogP contribution >= 0.6 is 0 Å². The van der Waals surface area contributed by atoms with E-state index < -0.39 is 43.0 Å². The number of benzene rings is 4. The molecule has 2 fully saturated rings. The van der Waals surface area contributed by atoms with Gasteiger partial charge in [-0.25, -0.2) is 14.5 Å². The predicted molar refractivity (Wildman–Crippen MR) is 337 cm³/mol. The van der Waals surface area contributed by atoms with Crippen molar-refractivity contribution in [1.82, 2.24) is 39.8 Å². The molecule has 448 valence electrons. The van der Waals surface area contributed by atoms with Gasteiger partial charge in [-0.05, 0) is 129 Å². The number of imide groups is 2. The van der Waals surface area contributed by atoms with Crippen molar-refractivity contribution in [2.75, 3.05) is 52.7 Å². The van der Waals surface area contributed by atoms with Crippen LogP contribution in [0.1, 0.15) is 81.8 Å². The minimum atomic E-state index is -1.55. The van der Waals surface area contributed by atoms with Crippen LogP contribution in [-0.2, 0) is 38.5 Å². The molecule has 0 radical (unpaired) electrons. The van der Waals surface area contributed by atoms with Crippen LogP contribution in [0.4, 0.5) is 9.59 Å². The van der Waals surface area contributed by atoms with E-state index in [2.05, 4.69) is 82.3 Å². The Hall–Kier alpha value is -9.98. The third kappa shape index (κ3) is 13.2. The summed E-state index contributed by atoms with van der Waals surface area (Å²) in [5.74, 6) is 22.5. The third-order valence-corrected chi connectivity index (χ3v) is 17.5. The van der Waals surface area contributed by atoms with E-state index in [1.54, 1.807) is 68.1 Å². The number of hydrogen-bond acceptors (Lipinski definition) is 11. The Kier molecular flexibility index (Phi) is 19.3. The minimum Gasteiger partial charge on any atom is -0.481 e. The molecule has 6 heterocycles. The lowest BCUT2D eigenvalue weighted by Crippen LogP contribution is -2.54. The van der Waals surface area contributed by atoms with Crippen LogP contribution in [0.25, 0.3) is 22.5 Å². The molecule has 2 aromatic heterocycles. The number of nitrogens with zero attached hydrogens (tertiary/aromatic N) is 7. The summed E-state index contributed by atoms with van der Waals surface area (Å²) in [7, 11) is -1.40. The van der Waals surface area contributed by atoms with Crippen LogP contribution in [-0.4, -0.2) is 131 Å². The zero-order valence-corrected chi connectivity index (χ0v) is 52.1. The Balaban J connectivity index is 0.000000213. The van der Waals surface area contributed by atoms with Crippen molar-refractivity contribution in [2.45, 2.75) is 91.4 Å². The first kappa shape index (κ1) is 62.5. The number of nitrogens with one attached hydrogen (secondary N) is 1. The number of carbonyl (C=O) groups is 6. The van der Waals surface area contributed by atoms with E-state index in [1.807, 2.05) is 105 Å². The quantitative estimate of drug-likeness (QED) is 0.0353. The summed E-state index contributed by atoms with van der Waals surface area (Å²) in [6, 6.07) is 33.3. The molecule has 4 aromatic carbocycles. The van der Waals surface area contributed by atoms with E-state index in [9.17, 15) is 28.8 Å². The highest BCUT2D eigenvalue weighted by Crippen LogP contribution is 2.42. The predicted octanol–water partition coefficient (Wildman–Crippen LogP) is 9.80. The number of fused-ring (bicyclic) bond motifs is 2. The molecule has 0 spiro atoms. The highest BCUT2D eigenvalue weighted by atomic mass is 28.3. The number of urea groups is 2. The lowest BCUT2D eigenvalue weighted by Gasteiger charge is -2.37. The summed E-state index contributed by atoms with van der Waals surface area (Å²) in [5, 5.41) is 2.46. The number of aromatic nitrogens is 2. The van der Waals surface area contributed by atoms with Gasteiger partial charge in [0.05, 0.1) is 37.6 Å². The van der Waals surface area contributed by atoms with Gasteiger partial charge in [0.1, 0.15) is 31.4 Å². The average Bonchev–Trinajstić information content (AvgIpc) is 1.69. The average molecular weight is 1200 g/mol. The Bertz CT molecular complexity index is 3970. The molecule has 2 saturated heterocycles. The van der Waals surface area contributed by atoms with Crippen LogP contribution in [0, 0.1) is 61.2 Å². The molecule has 4 aliphatic rings. The molecule has 4 aliphatic heterocycles. The molecule has 0 aliphatic carbocycles. The molecular formula is C70H70N8O9Si. The van der Waals surface area contributed by atoms with Crippen LogP contribution in [0.3, 0.4) is 0 Å². The number of ether oxygens (including phenoxy) is 3. The maximum Gasteiger partial charge on any atom is 0.330 e. The fraction of sp³-hybridized carbons (Fsp3) is 0.314. The van der Waals surface area contributed by atoms with Gasteiger partial charge in [-0.3, -0.25) is 44.3 Å². The van der Waals surface area contributed by atoms with E-state index in [4.69, 9.17) is 14.2 Å². The minimum absolute atomic E-state index is 0.000897. The van der Waals surface area contributed by atoms with Crippen molar-refractivity contribution in [3.63, 3.8) is 0 Å². The van der Waals surface area contributed by atoms with E-state index in [-0.39, 0.29) is 64.5 Å². The molecule has 10 rings (SSSR count). The van der Waals surface area contributed by atoms with Gasteiger partial charge < -0.3 is 24.0 Å². The fourth-order valence-corrected chi connectivity index (χ4v) is 11.8. The zero-order valence-electron chi connectivity index (χ0n) is 51.1. The zero-order chi connectivity index (χ0) is 62.8. The molecule has 0 bridgehead atoms. The van der Waals surface area contributed by atoms with Crippen LogP contribution < -0.4 is 14.8 Å². The lowest BCUT2D eigenvalue weighted by molar-refractivity contribution is -0.137. The molecule has 17 nitrogen and oxygen atoms in total. The van der Waals surface area contributed by atoms with Crippen molar-refractivity contribution in [1.29, 1.82) is 0 Å². The monoisotopic (exact) mass is 1190 g/mol. The van der Waals surface area contributed by atoms with Crippen molar-refractivity contribution >= 4 is 43.8 Å². The van der Waals surface area contributed by atoms with Gasteiger partial charge in [-0.2, -0.15) is 0 Å². The molecule has 0 unspecified atom stereocenters. The van der Waals surface area contributed by atoms with Gasteiger partial charge in [0, 0.05) is 62.4 Å². The summed E-state index contributed by atoms with van der Waals surface area (Å²) in [6.45, 7) is 18.8. The first-order valence-electron chi connectivity index (χ1n) is 29.0. The molecule has 1 N–H and O–H groups in total. The number of amides is 8. The fourth-order valence-electron chi connectivity index (χ4n) is 11.0. The Morgan fingerprint density at radius 3 is 1.50 bits per heavy atom. The topological polar surface area (TPSA) is 184 Å². The summed E-state index contributed by atoms with van der Waals surface area (Å²) in [6.07, 6.45) is 3.51. The number of carbonyl (C=O) groups excluding carboxylic acids is 6. The Morgan fingerprint density at radius 1 is 0.568 bits per heavy atom. The number of hydrogen-bond donors (Lipinski definition) is 1. The molecule has 2 atom stereocenters. The van der Waals surface area contributed by atoms with Crippen molar-refractivity contribution < 1.29 is 43.0 Å². The second kappa shape index (κ2) is 27.2. The number of rotatable bonds is 19. The van der Waals surface area contributed by atoms with E-state index in [0.717, 1.165) is 55.7 Å². The first-order chi connectivity index (χ1) is 42.3. The third-order valence-electron chi connectivity index (χ3n) is 15.8. The second-order valence-electron chi connectivity index (χ2n) is 22.9. The molecule has 18 heteroatoms. The van der Waals surface area contributed by atoms with Crippen LogP contribution in [0.2, 0.25) is 25.7 Å². The Morgan fingerprint density at radius 2 is 1.03 bits per heavy atom. The summed E-state index contributed by atoms with van der Waals surface area (Å²) in [4.78, 5) is 99.3. The van der Waals surface area contributed by atoms with Gasteiger partial charge in [0.25, 0.3) is 23.6 Å². The SMILES string of the molecule is CC#CCOc1ccc2c(c1)C(=O)N(C[C@]1(c3ccc(-c4cc(C)ccn4)cc3)C(=O)N(COCC[Si](C)(C)C)C(=O)N1CC#CC)C2.CC#CCOc1ccc2c(c1)C(=O)N(C[C@]1(c3ccc(-c4cc(C)ccn4)cc3)C(=O)NC(=O)N1CC#CC)C2. The van der Waals surface area contributed by atoms with Gasteiger partial charge in [0.15, 0.2) is 11.1 Å². The van der Waals surface area contributed by atoms with E-state index in [1.165, 1.54) is 9.80 Å². The number of pyridine rings is 2. The molecule has 8 amide bonds. The molecule has 6 aromatic rings. The van der Waals surface area contributed by atoms with Crippen molar-refractivity contribution in [3.8, 4) is 81.4 Å². The van der Waals surface area contributed by atoms with Crippen molar-refractivity contribution in [3.05, 3.63) is 166 Å². The van der Waals surface area contributed by atoms with Crippen molar-refractivity contribution in [2.24, 2.45) is 0 Å². The van der Waals surface area contributed by atoms with Gasteiger partial charge >= 0.3 is 12.1 Å². The first-order valence-corrected chi connectivity index (χ1v) is 32.7. The highest BCUT2D eigenvalue weighted by Gasteiger charge is 2.60. The second-order valence-corrected chi connectivity index (χ2v) is 28.5.